The zero-order valence-electron chi connectivity index (χ0n) is 15.2. The number of nitrogens with one attached hydrogen (secondary N) is 4. The van der Waals surface area contributed by atoms with Gasteiger partial charge in [-0.05, 0) is 19.4 Å². The van der Waals surface area contributed by atoms with Gasteiger partial charge in [-0.2, -0.15) is 5.10 Å². The molecule has 0 spiro atoms. The van der Waals surface area contributed by atoms with Gasteiger partial charge in [-0.25, -0.2) is 4.68 Å². The normalized spacial score (nSPS) is 19.3. The van der Waals surface area contributed by atoms with Crippen LogP contribution in [0.5, 0.6) is 0 Å². The van der Waals surface area contributed by atoms with E-state index in [4.69, 9.17) is 0 Å². The van der Waals surface area contributed by atoms with Crippen LogP contribution in [0, 0.1) is 6.92 Å². The van der Waals surface area contributed by atoms with Crippen LogP contribution in [0.3, 0.4) is 0 Å². The molecule has 4 N–H and O–H groups in total. The number of carbonyl (C=O) groups is 3. The number of hydrogen-bond donors (Lipinski definition) is 4. The lowest BCUT2D eigenvalue weighted by atomic mass is 10.2. The van der Waals surface area contributed by atoms with Crippen LogP contribution in [0.15, 0.2) is 36.4 Å². The molecular weight excluding hydrogens is 348 g/mol. The Morgan fingerprint density at radius 2 is 2.00 bits per heavy atom. The Labute approximate surface area is 156 Å². The Hall–Kier alpha value is -3.20. The van der Waals surface area contributed by atoms with Gasteiger partial charge in [-0.1, -0.05) is 30.3 Å². The van der Waals surface area contributed by atoms with E-state index in [9.17, 15) is 14.4 Å². The average molecular weight is 370 g/mol. The molecule has 1 aliphatic heterocycles. The molecule has 1 aromatic carbocycles. The number of aryl methyl sites for hydroxylation is 1. The number of anilines is 1. The van der Waals surface area contributed by atoms with Gasteiger partial charge >= 0.3 is 11.8 Å². The van der Waals surface area contributed by atoms with Crippen molar-refractivity contribution >= 4 is 23.5 Å². The molecule has 27 heavy (non-hydrogen) atoms. The SMILES string of the molecule is Cc1cc(NC(=O)C(=O)NCc2ccccc2)n(C2NC(=O)CC(C)N2)n1. The predicted octanol–water partition coefficient (Wildman–Crippen LogP) is 0.401. The Morgan fingerprint density at radius 3 is 2.70 bits per heavy atom. The highest BCUT2D eigenvalue weighted by molar-refractivity contribution is 6.39. The van der Waals surface area contributed by atoms with E-state index in [-0.39, 0.29) is 18.5 Å². The van der Waals surface area contributed by atoms with E-state index in [1.54, 1.807) is 13.0 Å². The number of carbonyl (C=O) groups excluding carboxylic acids is 3. The highest BCUT2D eigenvalue weighted by Crippen LogP contribution is 2.17. The molecule has 1 aromatic heterocycles. The molecule has 1 saturated heterocycles. The standard InChI is InChI=1S/C18H22N6O3/c1-11-9-15(25)22-18(20-11)24-14(8-12(2)23-24)21-17(27)16(26)19-10-13-6-4-3-5-7-13/h3-8,11,18,20H,9-10H2,1-2H3,(H,19,26)(H,21,27)(H,22,25). The molecule has 9 heteroatoms. The van der Waals surface area contributed by atoms with E-state index < -0.39 is 18.1 Å². The summed E-state index contributed by atoms with van der Waals surface area (Å²) in [6.07, 6.45) is -0.238. The Kier molecular flexibility index (Phi) is 5.51. The number of nitrogens with zero attached hydrogens (tertiary/aromatic N) is 2. The molecule has 2 aromatic rings. The molecule has 0 aliphatic carbocycles. The van der Waals surface area contributed by atoms with Crippen molar-refractivity contribution in [3.63, 3.8) is 0 Å². The van der Waals surface area contributed by atoms with Gasteiger partial charge in [0.05, 0.1) is 5.69 Å². The average Bonchev–Trinajstić information content (AvgIpc) is 3.00. The Bertz CT molecular complexity index is 848. The summed E-state index contributed by atoms with van der Waals surface area (Å²) in [5.41, 5.74) is 1.53. The lowest BCUT2D eigenvalue weighted by Gasteiger charge is -2.30. The summed E-state index contributed by atoms with van der Waals surface area (Å²) in [4.78, 5) is 36.1. The Balaban J connectivity index is 1.65. The lowest BCUT2D eigenvalue weighted by molar-refractivity contribution is -0.136. The van der Waals surface area contributed by atoms with Crippen molar-refractivity contribution in [3.8, 4) is 0 Å². The van der Waals surface area contributed by atoms with E-state index in [0.29, 0.717) is 17.9 Å². The molecule has 2 atom stereocenters. The highest BCUT2D eigenvalue weighted by atomic mass is 16.2. The molecule has 0 saturated carbocycles. The van der Waals surface area contributed by atoms with Crippen LogP contribution in [0.4, 0.5) is 5.82 Å². The number of rotatable bonds is 4. The predicted molar refractivity (Wildman–Crippen MR) is 98.3 cm³/mol. The second-order valence-corrected chi connectivity index (χ2v) is 6.48. The van der Waals surface area contributed by atoms with Crippen LogP contribution in [0.1, 0.15) is 30.9 Å². The van der Waals surface area contributed by atoms with Gasteiger partial charge < -0.3 is 16.0 Å². The quantitative estimate of drug-likeness (QED) is 0.581. The van der Waals surface area contributed by atoms with Crippen LogP contribution in [-0.2, 0) is 20.9 Å². The molecule has 1 aliphatic rings. The van der Waals surface area contributed by atoms with Crippen LogP contribution in [0.2, 0.25) is 0 Å². The molecule has 2 heterocycles. The van der Waals surface area contributed by atoms with Crippen LogP contribution < -0.4 is 21.3 Å². The molecule has 0 radical (unpaired) electrons. The first-order valence-electron chi connectivity index (χ1n) is 8.67. The molecule has 142 valence electrons. The zero-order chi connectivity index (χ0) is 19.4. The number of aromatic nitrogens is 2. The highest BCUT2D eigenvalue weighted by Gasteiger charge is 2.27. The minimum absolute atomic E-state index is 0.0361. The fourth-order valence-electron chi connectivity index (χ4n) is 2.83. The van der Waals surface area contributed by atoms with Gasteiger partial charge in [0.1, 0.15) is 5.82 Å². The zero-order valence-corrected chi connectivity index (χ0v) is 15.2. The summed E-state index contributed by atoms with van der Waals surface area (Å²) in [5, 5.41) is 15.4. The third kappa shape index (κ3) is 4.70. The summed E-state index contributed by atoms with van der Waals surface area (Å²) >= 11 is 0. The van der Waals surface area contributed by atoms with Gasteiger partial charge in [0.15, 0.2) is 6.29 Å². The van der Waals surface area contributed by atoms with Gasteiger partial charge in [0, 0.05) is 25.1 Å². The molecule has 2 unspecified atom stereocenters. The maximum Gasteiger partial charge on any atom is 0.314 e. The number of benzene rings is 1. The third-order valence-electron chi connectivity index (χ3n) is 4.08. The summed E-state index contributed by atoms with van der Waals surface area (Å²) in [6, 6.07) is 10.9. The van der Waals surface area contributed by atoms with Crippen LogP contribution >= 0.6 is 0 Å². The van der Waals surface area contributed by atoms with Crippen molar-refractivity contribution in [3.05, 3.63) is 47.7 Å². The van der Waals surface area contributed by atoms with E-state index in [2.05, 4.69) is 26.4 Å². The van der Waals surface area contributed by atoms with Crippen LogP contribution in [-0.4, -0.2) is 33.5 Å². The number of hydrogen-bond acceptors (Lipinski definition) is 5. The topological polar surface area (TPSA) is 117 Å². The minimum Gasteiger partial charge on any atom is -0.344 e. The van der Waals surface area contributed by atoms with Crippen molar-refractivity contribution in [2.24, 2.45) is 0 Å². The molecule has 3 amide bonds. The first-order chi connectivity index (χ1) is 12.9. The second kappa shape index (κ2) is 8.00. The molecule has 0 bridgehead atoms. The summed E-state index contributed by atoms with van der Waals surface area (Å²) in [7, 11) is 0. The van der Waals surface area contributed by atoms with Gasteiger partial charge in [-0.3, -0.25) is 19.7 Å². The summed E-state index contributed by atoms with van der Waals surface area (Å²) < 4.78 is 1.45. The summed E-state index contributed by atoms with van der Waals surface area (Å²) in [5.74, 6) is -1.35. The van der Waals surface area contributed by atoms with E-state index in [1.165, 1.54) is 4.68 Å². The number of amides is 3. The summed E-state index contributed by atoms with van der Waals surface area (Å²) in [6.45, 7) is 3.90. The Morgan fingerprint density at radius 1 is 1.26 bits per heavy atom. The monoisotopic (exact) mass is 370 g/mol. The molecule has 1 fully saturated rings. The smallest absolute Gasteiger partial charge is 0.314 e. The fraction of sp³-hybridized carbons (Fsp3) is 0.333. The van der Waals surface area contributed by atoms with Gasteiger partial charge in [0.2, 0.25) is 5.91 Å². The molecular formula is C18H22N6O3. The minimum atomic E-state index is -0.803. The third-order valence-corrected chi connectivity index (χ3v) is 4.08. The van der Waals surface area contributed by atoms with Crippen molar-refractivity contribution in [2.45, 2.75) is 39.1 Å². The molecule has 3 rings (SSSR count). The first-order valence-corrected chi connectivity index (χ1v) is 8.67. The van der Waals surface area contributed by atoms with Crippen LogP contribution in [0.25, 0.3) is 0 Å². The lowest BCUT2D eigenvalue weighted by Crippen LogP contribution is -2.52. The van der Waals surface area contributed by atoms with Crippen molar-refractivity contribution in [1.82, 2.24) is 25.7 Å². The van der Waals surface area contributed by atoms with Gasteiger partial charge in [0.25, 0.3) is 0 Å². The second-order valence-electron chi connectivity index (χ2n) is 6.48. The largest absolute Gasteiger partial charge is 0.344 e. The maximum absolute atomic E-state index is 12.2. The fourth-order valence-corrected chi connectivity index (χ4v) is 2.83. The van der Waals surface area contributed by atoms with Crippen molar-refractivity contribution in [2.75, 3.05) is 5.32 Å². The van der Waals surface area contributed by atoms with Crippen molar-refractivity contribution in [1.29, 1.82) is 0 Å². The maximum atomic E-state index is 12.2. The van der Waals surface area contributed by atoms with Crippen molar-refractivity contribution < 1.29 is 14.4 Å². The van der Waals surface area contributed by atoms with Gasteiger partial charge in [-0.15, -0.1) is 0 Å². The molecule has 9 nitrogen and oxygen atoms in total. The van der Waals surface area contributed by atoms with E-state index in [0.717, 1.165) is 5.56 Å². The van der Waals surface area contributed by atoms with E-state index in [1.807, 2.05) is 37.3 Å². The first kappa shape index (κ1) is 18.6. The van der Waals surface area contributed by atoms with E-state index >= 15 is 0 Å².